The molecule has 2 aromatic rings. The second-order valence-corrected chi connectivity index (χ2v) is 4.08. The average Bonchev–Trinajstić information content (AvgIpc) is 2.39. The van der Waals surface area contributed by atoms with Crippen LogP contribution >= 0.6 is 0 Å². The Morgan fingerprint density at radius 1 is 1.32 bits per heavy atom. The second-order valence-electron chi connectivity index (χ2n) is 4.08. The number of nitro groups is 1. The fourth-order valence-corrected chi connectivity index (χ4v) is 1.84. The van der Waals surface area contributed by atoms with E-state index in [4.69, 9.17) is 0 Å². The Bertz CT molecular complexity index is 590. The minimum absolute atomic E-state index is 0.252. The van der Waals surface area contributed by atoms with E-state index >= 15 is 0 Å². The number of anilines is 1. The number of rotatable bonds is 4. The van der Waals surface area contributed by atoms with Gasteiger partial charge in [-0.05, 0) is 29.8 Å². The van der Waals surface area contributed by atoms with Crippen LogP contribution in [0.15, 0.2) is 42.7 Å². The van der Waals surface area contributed by atoms with E-state index in [2.05, 4.69) is 4.98 Å². The van der Waals surface area contributed by atoms with E-state index in [0.29, 0.717) is 6.54 Å². The summed E-state index contributed by atoms with van der Waals surface area (Å²) in [6.45, 7) is 0.437. The first-order valence-corrected chi connectivity index (χ1v) is 5.62. The Hall–Kier alpha value is -2.50. The maximum atomic E-state index is 13.5. The lowest BCUT2D eigenvalue weighted by molar-refractivity contribution is -0.386. The topological polar surface area (TPSA) is 59.3 Å². The van der Waals surface area contributed by atoms with Crippen molar-refractivity contribution in [2.45, 2.75) is 6.54 Å². The lowest BCUT2D eigenvalue weighted by atomic mass is 10.2. The van der Waals surface area contributed by atoms with Crippen LogP contribution in [0.5, 0.6) is 0 Å². The summed E-state index contributed by atoms with van der Waals surface area (Å²) in [6, 6.07) is 7.69. The molecule has 98 valence electrons. The fourth-order valence-electron chi connectivity index (χ4n) is 1.84. The molecule has 19 heavy (non-hydrogen) atoms. The van der Waals surface area contributed by atoms with Crippen LogP contribution in [0, 0.1) is 15.9 Å². The molecule has 0 saturated heterocycles. The van der Waals surface area contributed by atoms with E-state index in [1.807, 2.05) is 12.1 Å². The van der Waals surface area contributed by atoms with Crippen molar-refractivity contribution in [1.29, 1.82) is 0 Å². The van der Waals surface area contributed by atoms with Crippen molar-refractivity contribution in [1.82, 2.24) is 4.98 Å². The molecule has 0 aliphatic heterocycles. The van der Waals surface area contributed by atoms with E-state index in [1.54, 1.807) is 24.3 Å². The first-order chi connectivity index (χ1) is 9.09. The highest BCUT2D eigenvalue weighted by molar-refractivity contribution is 5.63. The third-order valence-corrected chi connectivity index (χ3v) is 2.73. The van der Waals surface area contributed by atoms with Gasteiger partial charge in [-0.15, -0.1) is 0 Å². The summed E-state index contributed by atoms with van der Waals surface area (Å²) in [5.41, 5.74) is 0.692. The predicted molar refractivity (Wildman–Crippen MR) is 69.4 cm³/mol. The minimum Gasteiger partial charge on any atom is -0.365 e. The molecule has 1 aromatic heterocycles. The Morgan fingerprint density at radius 2 is 2.00 bits per heavy atom. The van der Waals surface area contributed by atoms with Gasteiger partial charge in [0.2, 0.25) is 5.82 Å². The van der Waals surface area contributed by atoms with Crippen molar-refractivity contribution in [3.05, 3.63) is 64.2 Å². The number of benzene rings is 1. The van der Waals surface area contributed by atoms with Crippen molar-refractivity contribution >= 4 is 11.4 Å². The third kappa shape index (κ3) is 2.85. The molecular weight excluding hydrogens is 249 g/mol. The summed E-state index contributed by atoms with van der Waals surface area (Å²) >= 11 is 0. The fraction of sp³-hybridized carbons (Fsp3) is 0.154. The van der Waals surface area contributed by atoms with Gasteiger partial charge in [0, 0.05) is 26.0 Å². The summed E-state index contributed by atoms with van der Waals surface area (Å²) in [4.78, 5) is 15.8. The van der Waals surface area contributed by atoms with Crippen LogP contribution in [0.4, 0.5) is 15.8 Å². The molecule has 5 nitrogen and oxygen atoms in total. The van der Waals surface area contributed by atoms with E-state index in [9.17, 15) is 14.5 Å². The highest BCUT2D eigenvalue weighted by atomic mass is 19.1. The molecule has 0 fully saturated rings. The zero-order valence-corrected chi connectivity index (χ0v) is 10.3. The van der Waals surface area contributed by atoms with E-state index in [1.165, 1.54) is 12.1 Å². The molecular formula is C13H12FN3O2. The van der Waals surface area contributed by atoms with Crippen LogP contribution in [-0.2, 0) is 6.54 Å². The van der Waals surface area contributed by atoms with Crippen LogP contribution in [0.3, 0.4) is 0 Å². The SMILES string of the molecule is CN(Cc1ccncc1)c1cccc(F)c1[N+](=O)[O-]. The van der Waals surface area contributed by atoms with E-state index in [-0.39, 0.29) is 5.69 Å². The van der Waals surface area contributed by atoms with Crippen LogP contribution in [0.2, 0.25) is 0 Å². The number of aromatic nitrogens is 1. The zero-order chi connectivity index (χ0) is 13.8. The lowest BCUT2D eigenvalue weighted by Gasteiger charge is -2.19. The van der Waals surface area contributed by atoms with Gasteiger partial charge in [-0.25, -0.2) is 0 Å². The first kappa shape index (κ1) is 12.9. The summed E-state index contributed by atoms with van der Waals surface area (Å²) in [6.07, 6.45) is 3.28. The van der Waals surface area contributed by atoms with Crippen molar-refractivity contribution in [2.75, 3.05) is 11.9 Å². The standard InChI is InChI=1S/C13H12FN3O2/c1-16(9-10-5-7-15-8-6-10)12-4-2-3-11(14)13(12)17(18)19/h2-8H,9H2,1H3. The van der Waals surface area contributed by atoms with Gasteiger partial charge in [-0.1, -0.05) is 6.07 Å². The molecule has 0 bridgehead atoms. The Morgan fingerprint density at radius 3 is 2.63 bits per heavy atom. The summed E-state index contributed by atoms with van der Waals surface area (Å²) in [7, 11) is 1.68. The molecule has 1 heterocycles. The van der Waals surface area contributed by atoms with Gasteiger partial charge in [-0.3, -0.25) is 15.1 Å². The zero-order valence-electron chi connectivity index (χ0n) is 10.3. The Balaban J connectivity index is 2.31. The second kappa shape index (κ2) is 5.43. The number of hydrogen-bond donors (Lipinski definition) is 0. The molecule has 0 atom stereocenters. The molecule has 0 unspecified atom stereocenters. The highest BCUT2D eigenvalue weighted by Crippen LogP contribution is 2.30. The van der Waals surface area contributed by atoms with Crippen LogP contribution in [-0.4, -0.2) is 17.0 Å². The maximum absolute atomic E-state index is 13.5. The van der Waals surface area contributed by atoms with Gasteiger partial charge >= 0.3 is 5.69 Å². The van der Waals surface area contributed by atoms with Gasteiger partial charge in [-0.2, -0.15) is 4.39 Å². The molecule has 0 aliphatic rings. The van der Waals surface area contributed by atoms with Gasteiger partial charge in [0.05, 0.1) is 4.92 Å². The third-order valence-electron chi connectivity index (χ3n) is 2.73. The van der Waals surface area contributed by atoms with Crippen LogP contribution in [0.1, 0.15) is 5.56 Å². The minimum atomic E-state index is -0.830. The summed E-state index contributed by atoms with van der Waals surface area (Å²) in [5.74, 6) is -0.830. The quantitative estimate of drug-likeness (QED) is 0.627. The normalized spacial score (nSPS) is 10.2. The van der Waals surface area contributed by atoms with Crippen molar-refractivity contribution in [3.8, 4) is 0 Å². The maximum Gasteiger partial charge on any atom is 0.327 e. The predicted octanol–water partition coefficient (Wildman–Crippen LogP) is 2.77. The van der Waals surface area contributed by atoms with Crippen molar-refractivity contribution in [2.24, 2.45) is 0 Å². The van der Waals surface area contributed by atoms with Crippen molar-refractivity contribution in [3.63, 3.8) is 0 Å². The van der Waals surface area contributed by atoms with E-state index < -0.39 is 16.4 Å². The average molecular weight is 261 g/mol. The number of halogens is 1. The smallest absolute Gasteiger partial charge is 0.327 e. The van der Waals surface area contributed by atoms with Gasteiger partial charge in [0.25, 0.3) is 0 Å². The van der Waals surface area contributed by atoms with E-state index in [0.717, 1.165) is 11.6 Å². The van der Waals surface area contributed by atoms with Gasteiger partial charge in [0.1, 0.15) is 5.69 Å². The molecule has 0 spiro atoms. The number of pyridine rings is 1. The monoisotopic (exact) mass is 261 g/mol. The molecule has 0 N–H and O–H groups in total. The number of nitro benzene ring substituents is 1. The molecule has 6 heteroatoms. The number of hydrogen-bond acceptors (Lipinski definition) is 4. The van der Waals surface area contributed by atoms with Gasteiger partial charge in [0.15, 0.2) is 0 Å². The molecule has 1 aromatic carbocycles. The Labute approximate surface area is 109 Å². The van der Waals surface area contributed by atoms with Crippen LogP contribution < -0.4 is 4.90 Å². The Kier molecular flexibility index (Phi) is 3.70. The largest absolute Gasteiger partial charge is 0.365 e. The van der Waals surface area contributed by atoms with Crippen LogP contribution in [0.25, 0.3) is 0 Å². The molecule has 0 amide bonds. The number of nitrogens with zero attached hydrogens (tertiary/aromatic N) is 3. The first-order valence-electron chi connectivity index (χ1n) is 5.62. The van der Waals surface area contributed by atoms with Gasteiger partial charge < -0.3 is 4.90 Å². The summed E-state index contributed by atoms with van der Waals surface area (Å²) < 4.78 is 13.5. The molecule has 0 radical (unpaired) electrons. The molecule has 2 rings (SSSR count). The summed E-state index contributed by atoms with van der Waals surface area (Å²) in [5, 5.41) is 10.9. The molecule has 0 aliphatic carbocycles. The highest BCUT2D eigenvalue weighted by Gasteiger charge is 2.22. The lowest BCUT2D eigenvalue weighted by Crippen LogP contribution is -2.18. The van der Waals surface area contributed by atoms with Crippen molar-refractivity contribution < 1.29 is 9.31 Å². The molecule has 0 saturated carbocycles. The number of para-hydroxylation sites is 1.